The molecule has 0 radical (unpaired) electrons. The van der Waals surface area contributed by atoms with Gasteiger partial charge in [-0.05, 0) is 26.0 Å². The van der Waals surface area contributed by atoms with Gasteiger partial charge in [-0.2, -0.15) is 5.10 Å². The van der Waals surface area contributed by atoms with Gasteiger partial charge in [0.25, 0.3) is 0 Å². The number of rotatable bonds is 8. The van der Waals surface area contributed by atoms with E-state index in [0.717, 1.165) is 19.6 Å². The van der Waals surface area contributed by atoms with Gasteiger partial charge in [-0.15, -0.1) is 0 Å². The molecular weight excluding hydrogens is 234 g/mol. The second kappa shape index (κ2) is 7.29. The first kappa shape index (κ1) is 14.1. The van der Waals surface area contributed by atoms with Crippen LogP contribution in [0.3, 0.4) is 0 Å². The maximum Gasteiger partial charge on any atom is 0.0841 e. The van der Waals surface area contributed by atoms with E-state index in [4.69, 9.17) is 5.10 Å². The predicted molar refractivity (Wildman–Crippen MR) is 81.3 cm³/mol. The molecule has 1 aromatic carbocycles. The maximum absolute atomic E-state index is 4.70. The summed E-state index contributed by atoms with van der Waals surface area (Å²) in [6.07, 6.45) is 5.23. The average Bonchev–Trinajstić information content (AvgIpc) is 2.81. The standard InChI is InChI=1S/C16H25N3/c1-3-5-6-9-12-17-13-15-14-10-7-8-11-16(14)19(4-2)18-15/h7-8,10-11,17H,3-6,9,12-13H2,1-2H3. The third kappa shape index (κ3) is 3.57. The molecule has 3 nitrogen and oxygen atoms in total. The molecule has 0 aliphatic heterocycles. The van der Waals surface area contributed by atoms with Crippen molar-refractivity contribution in [1.29, 1.82) is 0 Å². The minimum atomic E-state index is 0.875. The lowest BCUT2D eigenvalue weighted by Gasteiger charge is -2.02. The topological polar surface area (TPSA) is 29.9 Å². The SMILES string of the molecule is CCCCCCNCc1nn(CC)c2ccccc12. The first-order valence-corrected chi connectivity index (χ1v) is 7.52. The summed E-state index contributed by atoms with van der Waals surface area (Å²) >= 11 is 0. The van der Waals surface area contributed by atoms with Crippen molar-refractivity contribution >= 4 is 10.9 Å². The minimum Gasteiger partial charge on any atom is -0.311 e. The van der Waals surface area contributed by atoms with Crippen LogP contribution in [0.4, 0.5) is 0 Å². The lowest BCUT2D eigenvalue weighted by Crippen LogP contribution is -2.15. The maximum atomic E-state index is 4.70. The number of benzene rings is 1. The number of aryl methyl sites for hydroxylation is 1. The van der Waals surface area contributed by atoms with Gasteiger partial charge in [0.15, 0.2) is 0 Å². The molecule has 1 aromatic heterocycles. The molecule has 1 heterocycles. The number of nitrogens with one attached hydrogen (secondary N) is 1. The van der Waals surface area contributed by atoms with Crippen molar-refractivity contribution in [3.05, 3.63) is 30.0 Å². The summed E-state index contributed by atoms with van der Waals surface area (Å²) in [5.41, 5.74) is 2.42. The molecule has 1 N–H and O–H groups in total. The molecule has 0 fully saturated rings. The Kier molecular flexibility index (Phi) is 5.40. The summed E-state index contributed by atoms with van der Waals surface area (Å²) in [6.45, 7) is 7.28. The smallest absolute Gasteiger partial charge is 0.0841 e. The molecule has 0 aliphatic rings. The fourth-order valence-corrected chi connectivity index (χ4v) is 2.45. The Hall–Kier alpha value is -1.35. The lowest BCUT2D eigenvalue weighted by molar-refractivity contribution is 0.585. The zero-order valence-corrected chi connectivity index (χ0v) is 12.2. The van der Waals surface area contributed by atoms with Gasteiger partial charge < -0.3 is 5.32 Å². The molecule has 19 heavy (non-hydrogen) atoms. The summed E-state index contributed by atoms with van der Waals surface area (Å²) in [7, 11) is 0. The Balaban J connectivity index is 1.93. The molecule has 3 heteroatoms. The fourth-order valence-electron chi connectivity index (χ4n) is 2.45. The highest BCUT2D eigenvalue weighted by Gasteiger charge is 2.07. The van der Waals surface area contributed by atoms with Crippen LogP contribution in [0.15, 0.2) is 24.3 Å². The molecule has 0 spiro atoms. The van der Waals surface area contributed by atoms with E-state index >= 15 is 0 Å². The van der Waals surface area contributed by atoms with Crippen LogP contribution >= 0.6 is 0 Å². The molecular formula is C16H25N3. The number of unbranched alkanes of at least 4 members (excludes halogenated alkanes) is 3. The highest BCUT2D eigenvalue weighted by Crippen LogP contribution is 2.18. The van der Waals surface area contributed by atoms with Crippen molar-refractivity contribution in [2.45, 2.75) is 52.6 Å². The molecule has 0 amide bonds. The van der Waals surface area contributed by atoms with Gasteiger partial charge in [0.2, 0.25) is 0 Å². The number of para-hydroxylation sites is 1. The minimum absolute atomic E-state index is 0.875. The molecule has 0 aliphatic carbocycles. The molecule has 2 aromatic rings. The van der Waals surface area contributed by atoms with Crippen LogP contribution in [0.5, 0.6) is 0 Å². The van der Waals surface area contributed by atoms with Gasteiger partial charge >= 0.3 is 0 Å². The second-order valence-corrected chi connectivity index (χ2v) is 5.02. The van der Waals surface area contributed by atoms with E-state index in [9.17, 15) is 0 Å². The van der Waals surface area contributed by atoms with Crippen LogP contribution in [-0.2, 0) is 13.1 Å². The first-order chi connectivity index (χ1) is 9.36. The molecule has 0 saturated carbocycles. The van der Waals surface area contributed by atoms with E-state index in [0.29, 0.717) is 0 Å². The highest BCUT2D eigenvalue weighted by atomic mass is 15.3. The van der Waals surface area contributed by atoms with Crippen molar-refractivity contribution in [2.24, 2.45) is 0 Å². The van der Waals surface area contributed by atoms with E-state index in [-0.39, 0.29) is 0 Å². The van der Waals surface area contributed by atoms with Crippen LogP contribution in [-0.4, -0.2) is 16.3 Å². The van der Waals surface area contributed by atoms with Crippen LogP contribution in [0, 0.1) is 0 Å². The van der Waals surface area contributed by atoms with Crippen LogP contribution in [0.2, 0.25) is 0 Å². The van der Waals surface area contributed by atoms with Crippen LogP contribution in [0.25, 0.3) is 10.9 Å². The summed E-state index contributed by atoms with van der Waals surface area (Å²) in [5.74, 6) is 0. The van der Waals surface area contributed by atoms with E-state index < -0.39 is 0 Å². The normalized spacial score (nSPS) is 11.3. The monoisotopic (exact) mass is 259 g/mol. The van der Waals surface area contributed by atoms with Gasteiger partial charge in [-0.1, -0.05) is 44.4 Å². The first-order valence-electron chi connectivity index (χ1n) is 7.52. The van der Waals surface area contributed by atoms with E-state index in [1.807, 2.05) is 0 Å². The third-order valence-electron chi connectivity index (χ3n) is 3.53. The van der Waals surface area contributed by atoms with Crippen molar-refractivity contribution in [3.63, 3.8) is 0 Å². The number of fused-ring (bicyclic) bond motifs is 1. The largest absolute Gasteiger partial charge is 0.311 e. The molecule has 2 rings (SSSR count). The number of hydrogen-bond acceptors (Lipinski definition) is 2. The zero-order chi connectivity index (χ0) is 13.5. The van der Waals surface area contributed by atoms with Crippen LogP contribution < -0.4 is 5.32 Å². The summed E-state index contributed by atoms with van der Waals surface area (Å²) in [4.78, 5) is 0. The summed E-state index contributed by atoms with van der Waals surface area (Å²) < 4.78 is 2.09. The number of aromatic nitrogens is 2. The predicted octanol–water partition coefficient (Wildman–Crippen LogP) is 3.73. The second-order valence-electron chi connectivity index (χ2n) is 5.02. The fraction of sp³-hybridized carbons (Fsp3) is 0.562. The molecule has 0 saturated heterocycles. The van der Waals surface area contributed by atoms with E-state index in [1.54, 1.807) is 0 Å². The van der Waals surface area contributed by atoms with Crippen molar-refractivity contribution in [1.82, 2.24) is 15.1 Å². The Morgan fingerprint density at radius 3 is 2.74 bits per heavy atom. The quantitative estimate of drug-likeness (QED) is 0.732. The molecule has 0 bridgehead atoms. The Labute approximate surface area is 116 Å². The zero-order valence-electron chi connectivity index (χ0n) is 12.2. The molecule has 104 valence electrons. The van der Waals surface area contributed by atoms with Crippen molar-refractivity contribution < 1.29 is 0 Å². The van der Waals surface area contributed by atoms with Gasteiger partial charge in [0.1, 0.15) is 0 Å². The Bertz CT molecular complexity index is 502. The number of nitrogens with zero attached hydrogens (tertiary/aromatic N) is 2. The van der Waals surface area contributed by atoms with Crippen LogP contribution in [0.1, 0.15) is 45.2 Å². The third-order valence-corrected chi connectivity index (χ3v) is 3.53. The van der Waals surface area contributed by atoms with Crippen molar-refractivity contribution in [3.8, 4) is 0 Å². The molecule has 0 unspecified atom stereocenters. The summed E-state index contributed by atoms with van der Waals surface area (Å²) in [6, 6.07) is 8.49. The van der Waals surface area contributed by atoms with E-state index in [1.165, 1.54) is 42.3 Å². The average molecular weight is 259 g/mol. The Morgan fingerprint density at radius 1 is 1.11 bits per heavy atom. The van der Waals surface area contributed by atoms with Crippen molar-refractivity contribution in [2.75, 3.05) is 6.54 Å². The summed E-state index contributed by atoms with van der Waals surface area (Å²) in [5, 5.41) is 9.49. The van der Waals surface area contributed by atoms with Gasteiger partial charge in [-0.25, -0.2) is 0 Å². The Morgan fingerprint density at radius 2 is 1.95 bits per heavy atom. The lowest BCUT2D eigenvalue weighted by atomic mass is 10.2. The van der Waals surface area contributed by atoms with E-state index in [2.05, 4.69) is 48.1 Å². The van der Waals surface area contributed by atoms with Gasteiger partial charge in [0, 0.05) is 18.5 Å². The van der Waals surface area contributed by atoms with Gasteiger partial charge in [-0.3, -0.25) is 4.68 Å². The van der Waals surface area contributed by atoms with Gasteiger partial charge in [0.05, 0.1) is 11.2 Å². The number of hydrogen-bond donors (Lipinski definition) is 1. The molecule has 0 atom stereocenters. The highest BCUT2D eigenvalue weighted by molar-refractivity contribution is 5.81.